The van der Waals surface area contributed by atoms with E-state index in [9.17, 15) is 9.18 Å². The second kappa shape index (κ2) is 8.71. The number of piperazine rings is 1. The van der Waals surface area contributed by atoms with Crippen molar-refractivity contribution in [3.05, 3.63) is 71.7 Å². The number of nitrogens with one attached hydrogen (secondary N) is 1. The van der Waals surface area contributed by atoms with Crippen LogP contribution in [0.4, 0.5) is 15.8 Å². The molecule has 1 amide bonds. The number of carbonyl (C=O) groups excluding carboxylic acids is 1. The molecule has 5 nitrogen and oxygen atoms in total. The lowest BCUT2D eigenvalue weighted by Crippen LogP contribution is -2.46. The number of furan rings is 1. The normalized spacial score (nSPS) is 14.7. The van der Waals surface area contributed by atoms with E-state index in [2.05, 4.69) is 28.1 Å². The molecule has 156 valence electrons. The maximum atomic E-state index is 14.0. The minimum absolute atomic E-state index is 0.146. The highest BCUT2D eigenvalue weighted by Crippen LogP contribution is 2.27. The number of aryl methyl sites for hydroxylation is 1. The van der Waals surface area contributed by atoms with Crippen LogP contribution in [-0.4, -0.2) is 43.5 Å². The van der Waals surface area contributed by atoms with E-state index in [-0.39, 0.29) is 17.5 Å². The molecule has 1 aliphatic heterocycles. The zero-order valence-corrected chi connectivity index (χ0v) is 17.3. The van der Waals surface area contributed by atoms with Crippen molar-refractivity contribution >= 4 is 17.3 Å². The van der Waals surface area contributed by atoms with Crippen LogP contribution in [0.5, 0.6) is 0 Å². The van der Waals surface area contributed by atoms with Crippen LogP contribution in [0.3, 0.4) is 0 Å². The summed E-state index contributed by atoms with van der Waals surface area (Å²) in [4.78, 5) is 17.5. The van der Waals surface area contributed by atoms with Crippen molar-refractivity contribution in [1.29, 1.82) is 0 Å². The van der Waals surface area contributed by atoms with Crippen LogP contribution in [0.25, 0.3) is 11.3 Å². The number of hydrogen-bond donors (Lipinski definition) is 1. The number of nitrogens with zero attached hydrogens (tertiary/aromatic N) is 2. The Labute approximate surface area is 176 Å². The summed E-state index contributed by atoms with van der Waals surface area (Å²) in [6.07, 6.45) is 0. The van der Waals surface area contributed by atoms with Gasteiger partial charge in [-0.2, -0.15) is 0 Å². The van der Waals surface area contributed by atoms with Gasteiger partial charge in [0.05, 0.1) is 5.56 Å². The first-order chi connectivity index (χ1) is 14.5. The standard InChI is InChI=1S/C24H26FN3O2/c1-3-27-12-14-28(15-13-27)18-8-9-21(17(2)16-18)26-24(29)23-11-10-22(30-23)19-6-4-5-7-20(19)25/h4-11,16H,3,12-15H2,1-2H3,(H,26,29). The largest absolute Gasteiger partial charge is 0.451 e. The van der Waals surface area contributed by atoms with Crippen LogP contribution in [0.15, 0.2) is 59.0 Å². The first-order valence-corrected chi connectivity index (χ1v) is 10.3. The van der Waals surface area contributed by atoms with Crippen LogP contribution in [0.1, 0.15) is 23.0 Å². The molecular weight excluding hydrogens is 381 g/mol. The third kappa shape index (κ3) is 4.24. The van der Waals surface area contributed by atoms with E-state index < -0.39 is 0 Å². The molecule has 1 aromatic heterocycles. The molecule has 3 aromatic rings. The number of rotatable bonds is 5. The zero-order valence-electron chi connectivity index (χ0n) is 17.3. The highest BCUT2D eigenvalue weighted by Gasteiger charge is 2.18. The fourth-order valence-corrected chi connectivity index (χ4v) is 3.76. The highest BCUT2D eigenvalue weighted by atomic mass is 19.1. The van der Waals surface area contributed by atoms with Crippen LogP contribution < -0.4 is 10.2 Å². The van der Waals surface area contributed by atoms with Crippen LogP contribution in [0.2, 0.25) is 0 Å². The highest BCUT2D eigenvalue weighted by molar-refractivity contribution is 6.03. The SMILES string of the molecule is CCN1CCN(c2ccc(NC(=O)c3ccc(-c4ccccc4F)o3)c(C)c2)CC1. The van der Waals surface area contributed by atoms with Gasteiger partial charge in [0.1, 0.15) is 11.6 Å². The number of hydrogen-bond acceptors (Lipinski definition) is 4. The summed E-state index contributed by atoms with van der Waals surface area (Å²) >= 11 is 0. The molecule has 1 N–H and O–H groups in total. The smallest absolute Gasteiger partial charge is 0.291 e. The maximum absolute atomic E-state index is 14.0. The molecule has 0 spiro atoms. The minimum atomic E-state index is -0.384. The Morgan fingerprint density at radius 3 is 2.53 bits per heavy atom. The Morgan fingerprint density at radius 1 is 1.07 bits per heavy atom. The van der Waals surface area contributed by atoms with Crippen molar-refractivity contribution < 1.29 is 13.6 Å². The average Bonchev–Trinajstić information content (AvgIpc) is 3.26. The Kier molecular flexibility index (Phi) is 5.86. The van der Waals surface area contributed by atoms with Crippen molar-refractivity contribution in [2.75, 3.05) is 42.9 Å². The number of carbonyl (C=O) groups is 1. The van der Waals surface area contributed by atoms with E-state index in [0.717, 1.165) is 44.0 Å². The summed E-state index contributed by atoms with van der Waals surface area (Å²) in [5.74, 6) is -0.265. The lowest BCUT2D eigenvalue weighted by Gasteiger charge is -2.35. The molecule has 1 saturated heterocycles. The number of benzene rings is 2. The first kappa shape index (κ1) is 20.2. The van der Waals surface area contributed by atoms with Crippen molar-refractivity contribution in [2.45, 2.75) is 13.8 Å². The molecule has 0 bridgehead atoms. The van der Waals surface area contributed by atoms with E-state index in [1.165, 1.54) is 11.8 Å². The van der Waals surface area contributed by atoms with Gasteiger partial charge >= 0.3 is 0 Å². The molecule has 1 fully saturated rings. The lowest BCUT2D eigenvalue weighted by atomic mass is 10.1. The topological polar surface area (TPSA) is 48.7 Å². The van der Waals surface area contributed by atoms with Crippen molar-refractivity contribution in [1.82, 2.24) is 4.90 Å². The number of likely N-dealkylation sites (N-methyl/N-ethyl adjacent to an activating group) is 1. The van der Waals surface area contributed by atoms with Crippen LogP contribution >= 0.6 is 0 Å². The van der Waals surface area contributed by atoms with Gasteiger partial charge in [0, 0.05) is 37.6 Å². The number of amides is 1. The van der Waals surface area contributed by atoms with Gasteiger partial charge in [-0.25, -0.2) is 4.39 Å². The number of halogens is 1. The van der Waals surface area contributed by atoms with Crippen molar-refractivity contribution in [3.63, 3.8) is 0 Å². The molecule has 0 atom stereocenters. The predicted molar refractivity (Wildman–Crippen MR) is 118 cm³/mol. The van der Waals surface area contributed by atoms with Gasteiger partial charge in [0.15, 0.2) is 5.76 Å². The van der Waals surface area contributed by atoms with E-state index in [1.54, 1.807) is 30.3 Å². The van der Waals surface area contributed by atoms with Gasteiger partial charge in [0.25, 0.3) is 5.91 Å². The third-order valence-corrected chi connectivity index (χ3v) is 5.61. The molecule has 2 heterocycles. The quantitative estimate of drug-likeness (QED) is 0.661. The summed E-state index contributed by atoms with van der Waals surface area (Å²) in [6.45, 7) is 9.40. The number of anilines is 2. The van der Waals surface area contributed by atoms with Crippen molar-refractivity contribution in [2.24, 2.45) is 0 Å². The molecule has 2 aromatic carbocycles. The summed E-state index contributed by atoms with van der Waals surface area (Å²) in [5.41, 5.74) is 3.22. The second-order valence-electron chi connectivity index (χ2n) is 7.52. The summed E-state index contributed by atoms with van der Waals surface area (Å²) in [6, 6.07) is 15.6. The Hall–Kier alpha value is -3.12. The second-order valence-corrected chi connectivity index (χ2v) is 7.52. The van der Waals surface area contributed by atoms with Gasteiger partial charge in [-0.3, -0.25) is 4.79 Å². The molecule has 0 unspecified atom stereocenters. The Bertz CT molecular complexity index is 1040. The lowest BCUT2D eigenvalue weighted by molar-refractivity contribution is 0.0997. The summed E-state index contributed by atoms with van der Waals surface area (Å²) < 4.78 is 19.6. The average molecular weight is 407 g/mol. The summed E-state index contributed by atoms with van der Waals surface area (Å²) in [5, 5.41) is 2.90. The van der Waals surface area contributed by atoms with Gasteiger partial charge < -0.3 is 19.5 Å². The molecule has 1 aliphatic rings. The van der Waals surface area contributed by atoms with Gasteiger partial charge in [-0.1, -0.05) is 19.1 Å². The first-order valence-electron chi connectivity index (χ1n) is 10.3. The van der Waals surface area contributed by atoms with Crippen LogP contribution in [0, 0.1) is 12.7 Å². The molecule has 4 rings (SSSR count). The van der Waals surface area contributed by atoms with Gasteiger partial charge in [0.2, 0.25) is 0 Å². The fourth-order valence-electron chi connectivity index (χ4n) is 3.76. The predicted octanol–water partition coefficient (Wildman–Crippen LogP) is 4.79. The molecule has 0 aliphatic carbocycles. The molecule has 0 saturated carbocycles. The Morgan fingerprint density at radius 2 is 1.83 bits per heavy atom. The van der Waals surface area contributed by atoms with E-state index in [4.69, 9.17) is 4.42 Å². The monoisotopic (exact) mass is 407 g/mol. The Balaban J connectivity index is 1.44. The molecular formula is C24H26FN3O2. The van der Waals surface area contributed by atoms with Gasteiger partial charge in [-0.05, 0) is 61.5 Å². The third-order valence-electron chi connectivity index (χ3n) is 5.61. The molecule has 0 radical (unpaired) electrons. The zero-order chi connectivity index (χ0) is 21.1. The fraction of sp³-hybridized carbons (Fsp3) is 0.292. The van der Waals surface area contributed by atoms with Crippen LogP contribution in [-0.2, 0) is 0 Å². The van der Waals surface area contributed by atoms with Crippen molar-refractivity contribution in [3.8, 4) is 11.3 Å². The van der Waals surface area contributed by atoms with Gasteiger partial charge in [-0.15, -0.1) is 0 Å². The summed E-state index contributed by atoms with van der Waals surface area (Å²) in [7, 11) is 0. The van der Waals surface area contributed by atoms with E-state index >= 15 is 0 Å². The van der Waals surface area contributed by atoms with E-state index in [0.29, 0.717) is 11.3 Å². The maximum Gasteiger partial charge on any atom is 0.291 e. The minimum Gasteiger partial charge on any atom is -0.451 e. The molecule has 30 heavy (non-hydrogen) atoms. The van der Waals surface area contributed by atoms with E-state index in [1.807, 2.05) is 19.1 Å². The molecule has 6 heteroatoms.